The highest BCUT2D eigenvalue weighted by Gasteiger charge is 2.35. The largest absolute Gasteiger partial charge is 0.341 e. The fourth-order valence-corrected chi connectivity index (χ4v) is 5.35. The summed E-state index contributed by atoms with van der Waals surface area (Å²) >= 11 is 0. The number of likely N-dealkylation sites (tertiary alicyclic amines) is 1. The van der Waals surface area contributed by atoms with Gasteiger partial charge >= 0.3 is 0 Å². The highest BCUT2D eigenvalue weighted by atomic mass is 35.5. The minimum absolute atomic E-state index is 0. The lowest BCUT2D eigenvalue weighted by Crippen LogP contribution is -2.53. The number of carbonyl (C=O) groups excluding carboxylic acids is 1. The summed E-state index contributed by atoms with van der Waals surface area (Å²) in [5.41, 5.74) is 0.501. The van der Waals surface area contributed by atoms with Crippen LogP contribution < -0.4 is 4.72 Å². The maximum atomic E-state index is 13.9. The number of amides is 1. The Morgan fingerprint density at radius 2 is 1.86 bits per heavy atom. The number of likely N-dealkylation sites (N-methyl/N-ethyl adjacent to an activating group) is 1. The molecule has 164 valence electrons. The lowest BCUT2D eigenvalue weighted by Gasteiger charge is -2.42. The molecule has 1 saturated heterocycles. The summed E-state index contributed by atoms with van der Waals surface area (Å²) in [6, 6.07) is 4.43. The van der Waals surface area contributed by atoms with Crippen molar-refractivity contribution in [2.24, 2.45) is 0 Å². The van der Waals surface area contributed by atoms with Crippen LogP contribution in [0.25, 0.3) is 0 Å². The second-order valence-corrected chi connectivity index (χ2v) is 9.67. The van der Waals surface area contributed by atoms with E-state index >= 15 is 0 Å². The van der Waals surface area contributed by atoms with E-state index in [1.54, 1.807) is 0 Å². The maximum Gasteiger partial charge on any atom is 0.243 e. The van der Waals surface area contributed by atoms with E-state index in [4.69, 9.17) is 0 Å². The zero-order valence-corrected chi connectivity index (χ0v) is 18.7. The summed E-state index contributed by atoms with van der Waals surface area (Å²) in [5, 5.41) is 0. The van der Waals surface area contributed by atoms with Crippen LogP contribution in [0.4, 0.5) is 4.39 Å². The SMILES string of the molecule is CNS(=O)(=O)c1cc(CC(=O)N(C)[C@@H]2CCCC[C@H]2N2CCCC2)ccc1F.Cl. The molecule has 3 rings (SSSR count). The van der Waals surface area contributed by atoms with Crippen molar-refractivity contribution in [3.63, 3.8) is 0 Å². The number of hydrogen-bond acceptors (Lipinski definition) is 4. The molecule has 29 heavy (non-hydrogen) atoms. The fraction of sp³-hybridized carbons (Fsp3) is 0.650. The van der Waals surface area contributed by atoms with Gasteiger partial charge in [0.05, 0.1) is 6.42 Å². The third-order valence-corrected chi connectivity index (χ3v) is 7.53. The number of carbonyl (C=O) groups is 1. The molecule has 0 spiro atoms. The highest BCUT2D eigenvalue weighted by Crippen LogP contribution is 2.29. The normalized spacial score (nSPS) is 22.9. The van der Waals surface area contributed by atoms with Crippen LogP contribution >= 0.6 is 12.4 Å². The first-order valence-electron chi connectivity index (χ1n) is 10.0. The van der Waals surface area contributed by atoms with Gasteiger partial charge in [0.25, 0.3) is 0 Å². The lowest BCUT2D eigenvalue weighted by atomic mass is 9.88. The first kappa shape index (κ1) is 24.1. The monoisotopic (exact) mass is 447 g/mol. The summed E-state index contributed by atoms with van der Waals surface area (Å²) in [7, 11) is -0.823. The second-order valence-electron chi connectivity index (χ2n) is 7.82. The molecule has 1 aliphatic carbocycles. The van der Waals surface area contributed by atoms with Crippen molar-refractivity contribution in [1.29, 1.82) is 0 Å². The average molecular weight is 448 g/mol. The van der Waals surface area contributed by atoms with E-state index in [0.29, 0.717) is 11.6 Å². The molecule has 0 unspecified atom stereocenters. The fourth-order valence-electron chi connectivity index (χ4n) is 4.50. The van der Waals surface area contributed by atoms with Gasteiger partial charge in [-0.15, -0.1) is 12.4 Å². The summed E-state index contributed by atoms with van der Waals surface area (Å²) < 4.78 is 40.0. The number of nitrogens with one attached hydrogen (secondary N) is 1. The Balaban J connectivity index is 0.00000300. The summed E-state index contributed by atoms with van der Waals surface area (Å²) in [6.07, 6.45) is 6.93. The van der Waals surface area contributed by atoms with Crippen molar-refractivity contribution in [1.82, 2.24) is 14.5 Å². The smallest absolute Gasteiger partial charge is 0.243 e. The predicted molar refractivity (Wildman–Crippen MR) is 113 cm³/mol. The van der Waals surface area contributed by atoms with Gasteiger partial charge in [-0.1, -0.05) is 18.9 Å². The quantitative estimate of drug-likeness (QED) is 0.727. The van der Waals surface area contributed by atoms with E-state index in [-0.39, 0.29) is 30.8 Å². The number of hydrogen-bond donors (Lipinski definition) is 1. The van der Waals surface area contributed by atoms with Crippen molar-refractivity contribution in [3.05, 3.63) is 29.6 Å². The first-order valence-corrected chi connectivity index (χ1v) is 11.5. The molecule has 1 aromatic carbocycles. The van der Waals surface area contributed by atoms with Crippen molar-refractivity contribution in [3.8, 4) is 0 Å². The van der Waals surface area contributed by atoms with Gasteiger partial charge in [0, 0.05) is 19.1 Å². The Morgan fingerprint density at radius 1 is 1.21 bits per heavy atom. The molecular formula is C20H31ClFN3O3S. The van der Waals surface area contributed by atoms with Gasteiger partial charge in [0.2, 0.25) is 15.9 Å². The van der Waals surface area contributed by atoms with Crippen molar-refractivity contribution >= 4 is 28.3 Å². The molecule has 9 heteroatoms. The van der Waals surface area contributed by atoms with Gasteiger partial charge in [-0.25, -0.2) is 17.5 Å². The van der Waals surface area contributed by atoms with E-state index in [1.807, 2.05) is 11.9 Å². The van der Waals surface area contributed by atoms with Gasteiger partial charge in [-0.2, -0.15) is 0 Å². The molecule has 2 atom stereocenters. The number of benzene rings is 1. The zero-order valence-electron chi connectivity index (χ0n) is 17.1. The minimum atomic E-state index is -3.90. The maximum absolute atomic E-state index is 13.9. The van der Waals surface area contributed by atoms with Crippen LogP contribution in [0.15, 0.2) is 23.1 Å². The molecule has 1 aromatic rings. The minimum Gasteiger partial charge on any atom is -0.341 e. The van der Waals surface area contributed by atoms with Crippen LogP contribution in [-0.4, -0.2) is 63.4 Å². The Kier molecular flexibility index (Phi) is 8.46. The molecule has 1 heterocycles. The topological polar surface area (TPSA) is 69.7 Å². The van der Waals surface area contributed by atoms with E-state index < -0.39 is 20.7 Å². The van der Waals surface area contributed by atoms with Crippen LogP contribution in [-0.2, 0) is 21.2 Å². The summed E-state index contributed by atoms with van der Waals surface area (Å²) in [4.78, 5) is 16.9. The van der Waals surface area contributed by atoms with E-state index in [1.165, 1.54) is 38.4 Å². The van der Waals surface area contributed by atoms with Crippen molar-refractivity contribution in [2.75, 3.05) is 27.2 Å². The molecule has 1 saturated carbocycles. The van der Waals surface area contributed by atoms with E-state index in [0.717, 1.165) is 38.4 Å². The number of rotatable bonds is 6. The van der Waals surface area contributed by atoms with Crippen LogP contribution in [0.1, 0.15) is 44.1 Å². The predicted octanol–water partition coefficient (Wildman–Crippen LogP) is 2.56. The molecule has 0 bridgehead atoms. The molecule has 1 N–H and O–H groups in total. The third-order valence-electron chi connectivity index (χ3n) is 6.10. The van der Waals surface area contributed by atoms with Crippen LogP contribution in [0.3, 0.4) is 0 Å². The Hall–Kier alpha value is -1.22. The van der Waals surface area contributed by atoms with Crippen LogP contribution in [0.2, 0.25) is 0 Å². The van der Waals surface area contributed by atoms with Crippen LogP contribution in [0, 0.1) is 5.82 Å². The van der Waals surface area contributed by atoms with Gasteiger partial charge in [0.15, 0.2) is 0 Å². The summed E-state index contributed by atoms with van der Waals surface area (Å²) in [6.45, 7) is 2.21. The lowest BCUT2D eigenvalue weighted by molar-refractivity contribution is -0.133. The van der Waals surface area contributed by atoms with E-state index in [2.05, 4.69) is 9.62 Å². The standard InChI is InChI=1S/C20H30FN3O3S.ClH/c1-22-28(26,27)19-13-15(9-10-16(19)21)14-20(25)23(2)17-7-3-4-8-18(17)24-11-5-6-12-24;/h9-10,13,17-18,22H,3-8,11-12,14H2,1-2H3;1H/t17-,18-;/m1./s1. The van der Waals surface area contributed by atoms with Gasteiger partial charge in [0.1, 0.15) is 10.7 Å². The molecule has 1 amide bonds. The van der Waals surface area contributed by atoms with Crippen molar-refractivity contribution < 1.29 is 17.6 Å². The highest BCUT2D eigenvalue weighted by molar-refractivity contribution is 7.89. The number of halogens is 2. The van der Waals surface area contributed by atoms with E-state index in [9.17, 15) is 17.6 Å². The second kappa shape index (κ2) is 10.2. The Labute approximate surface area is 179 Å². The molecule has 6 nitrogen and oxygen atoms in total. The van der Waals surface area contributed by atoms with Crippen molar-refractivity contribution in [2.45, 2.75) is 61.9 Å². The molecule has 0 radical (unpaired) electrons. The molecular weight excluding hydrogens is 417 g/mol. The van der Waals surface area contributed by atoms with Gasteiger partial charge in [-0.3, -0.25) is 9.69 Å². The number of sulfonamides is 1. The zero-order chi connectivity index (χ0) is 20.3. The third kappa shape index (κ3) is 5.48. The Bertz CT molecular complexity index is 815. The first-order chi connectivity index (χ1) is 13.3. The number of nitrogens with zero attached hydrogens (tertiary/aromatic N) is 2. The molecule has 2 aliphatic rings. The Morgan fingerprint density at radius 3 is 2.52 bits per heavy atom. The summed E-state index contributed by atoms with van der Waals surface area (Å²) in [5.74, 6) is -0.879. The molecule has 2 fully saturated rings. The molecule has 0 aromatic heterocycles. The van der Waals surface area contributed by atoms with Gasteiger partial charge < -0.3 is 4.90 Å². The van der Waals surface area contributed by atoms with Gasteiger partial charge in [-0.05, 0) is 63.5 Å². The van der Waals surface area contributed by atoms with Crippen LogP contribution in [0.5, 0.6) is 0 Å². The average Bonchev–Trinajstić information content (AvgIpc) is 3.23. The molecule has 1 aliphatic heterocycles.